The highest BCUT2D eigenvalue weighted by Crippen LogP contribution is 2.29. The molecule has 0 spiro atoms. The van der Waals surface area contributed by atoms with E-state index in [1.807, 2.05) is 13.8 Å². The lowest BCUT2D eigenvalue weighted by atomic mass is 10.0. The largest absolute Gasteiger partial charge is 0.461 e. The summed E-state index contributed by atoms with van der Waals surface area (Å²) in [7, 11) is 1.61. The Bertz CT molecular complexity index is 915. The molecule has 11 heteroatoms. The smallest absolute Gasteiger partial charge is 0.358 e. The van der Waals surface area contributed by atoms with E-state index >= 15 is 0 Å². The lowest BCUT2D eigenvalue weighted by Crippen LogP contribution is -2.55. The third-order valence-electron chi connectivity index (χ3n) is 5.00. The first kappa shape index (κ1) is 22.5. The minimum absolute atomic E-state index is 0.182. The van der Waals surface area contributed by atoms with Crippen molar-refractivity contribution in [3.8, 4) is 0 Å². The number of amides is 1. The number of nitrogens with zero attached hydrogens (tertiary/aromatic N) is 3. The molecular weight excluding hydrogens is 430 g/mol. The van der Waals surface area contributed by atoms with E-state index in [1.165, 1.54) is 11.3 Å². The summed E-state index contributed by atoms with van der Waals surface area (Å²) in [6.45, 7) is 7.07. The molecule has 1 fully saturated rings. The maximum atomic E-state index is 12.6. The zero-order chi connectivity index (χ0) is 21.8. The van der Waals surface area contributed by atoms with E-state index in [0.29, 0.717) is 43.4 Å². The van der Waals surface area contributed by atoms with Crippen LogP contribution in [0.3, 0.4) is 0 Å². The molecule has 0 radical (unpaired) electrons. The summed E-state index contributed by atoms with van der Waals surface area (Å²) >= 11 is 7.49. The number of nitrogens with one attached hydrogen (secondary N) is 2. The summed E-state index contributed by atoms with van der Waals surface area (Å²) in [4.78, 5) is 39.1. The topological polar surface area (TPSA) is 109 Å². The second-order valence-corrected chi connectivity index (χ2v) is 8.46. The summed E-state index contributed by atoms with van der Waals surface area (Å²) in [6, 6.07) is -0.182. The maximum absolute atomic E-state index is 12.6. The van der Waals surface area contributed by atoms with E-state index in [9.17, 15) is 9.59 Å². The van der Waals surface area contributed by atoms with Gasteiger partial charge in [-0.05, 0) is 26.7 Å². The molecule has 30 heavy (non-hydrogen) atoms. The number of esters is 1. The first-order valence-corrected chi connectivity index (χ1v) is 11.0. The molecule has 2 aromatic heterocycles. The van der Waals surface area contributed by atoms with Crippen LogP contribution in [0.15, 0.2) is 0 Å². The number of carbonyl (C=O) groups excluding carboxylic acids is 2. The average molecular weight is 456 g/mol. The minimum Gasteiger partial charge on any atom is -0.461 e. The Labute approximate surface area is 184 Å². The number of piperidine rings is 1. The van der Waals surface area contributed by atoms with Crippen LogP contribution in [0.5, 0.6) is 0 Å². The Balaban J connectivity index is 1.67. The van der Waals surface area contributed by atoms with Crippen molar-refractivity contribution in [3.63, 3.8) is 0 Å². The van der Waals surface area contributed by atoms with E-state index < -0.39 is 5.97 Å². The van der Waals surface area contributed by atoms with Crippen molar-refractivity contribution in [2.24, 2.45) is 0 Å². The number of halogens is 1. The van der Waals surface area contributed by atoms with Crippen LogP contribution < -0.4 is 10.2 Å². The molecule has 0 unspecified atom stereocenters. The van der Waals surface area contributed by atoms with Gasteiger partial charge in [-0.25, -0.2) is 14.8 Å². The summed E-state index contributed by atoms with van der Waals surface area (Å²) in [5, 5.41) is 4.05. The quantitative estimate of drug-likeness (QED) is 0.617. The molecule has 3 heterocycles. The third kappa shape index (κ3) is 4.76. The van der Waals surface area contributed by atoms with Gasteiger partial charge in [-0.15, -0.1) is 11.3 Å². The zero-order valence-corrected chi connectivity index (χ0v) is 19.0. The maximum Gasteiger partial charge on any atom is 0.358 e. The van der Waals surface area contributed by atoms with Crippen molar-refractivity contribution in [2.75, 3.05) is 31.7 Å². The highest BCUT2D eigenvalue weighted by atomic mass is 35.5. The van der Waals surface area contributed by atoms with Crippen LogP contribution in [0, 0.1) is 6.92 Å². The number of aryl methyl sites for hydroxylation is 2. The number of methoxy groups -OCH3 is 1. The fraction of sp³-hybridized carbons (Fsp3) is 0.579. The van der Waals surface area contributed by atoms with E-state index in [-0.39, 0.29) is 23.9 Å². The van der Waals surface area contributed by atoms with Gasteiger partial charge in [0.2, 0.25) is 0 Å². The molecule has 0 saturated carbocycles. The number of thiazole rings is 1. The van der Waals surface area contributed by atoms with Crippen molar-refractivity contribution >= 4 is 39.9 Å². The van der Waals surface area contributed by atoms with Gasteiger partial charge in [0.15, 0.2) is 21.8 Å². The number of anilines is 1. The molecule has 1 aliphatic heterocycles. The second kappa shape index (κ2) is 9.76. The zero-order valence-electron chi connectivity index (χ0n) is 17.5. The second-order valence-electron chi connectivity index (χ2n) is 6.92. The van der Waals surface area contributed by atoms with E-state index in [0.717, 1.165) is 15.7 Å². The molecule has 1 amide bonds. The molecule has 0 aromatic carbocycles. The van der Waals surface area contributed by atoms with Crippen LogP contribution in [-0.2, 0) is 15.9 Å². The van der Waals surface area contributed by atoms with Crippen molar-refractivity contribution in [1.82, 2.24) is 20.3 Å². The van der Waals surface area contributed by atoms with Gasteiger partial charge in [0.1, 0.15) is 0 Å². The highest BCUT2D eigenvalue weighted by molar-refractivity contribution is 7.15. The fourth-order valence-corrected chi connectivity index (χ4v) is 4.56. The number of carbonyl (C=O) groups is 2. The van der Waals surface area contributed by atoms with Crippen LogP contribution in [0.2, 0.25) is 5.15 Å². The van der Waals surface area contributed by atoms with Crippen LogP contribution in [0.1, 0.15) is 51.9 Å². The molecule has 3 rings (SSSR count). The monoisotopic (exact) mass is 455 g/mol. The predicted molar refractivity (Wildman–Crippen MR) is 115 cm³/mol. The van der Waals surface area contributed by atoms with Gasteiger partial charge in [-0.1, -0.05) is 18.5 Å². The standard InChI is InChI=1S/C19H26ClN5O4S/c1-5-11-15(20)24-16(21-11)17(26)22-12-7-8-25(9-13(12)28-4)19-23-14(10(3)30-19)18(27)29-6-2/h12-13H,5-9H2,1-4H3,(H,21,24)(H,22,26)/t12-,13+/m0/s1. The average Bonchev–Trinajstić information content (AvgIpc) is 3.31. The number of ether oxygens (including phenoxy) is 2. The van der Waals surface area contributed by atoms with Crippen molar-refractivity contribution in [1.29, 1.82) is 0 Å². The Morgan fingerprint density at radius 2 is 2.13 bits per heavy atom. The Morgan fingerprint density at radius 1 is 1.37 bits per heavy atom. The lowest BCUT2D eigenvalue weighted by molar-refractivity contribution is 0.0516. The van der Waals surface area contributed by atoms with Gasteiger partial charge < -0.3 is 24.7 Å². The normalized spacial score (nSPS) is 19.0. The molecule has 0 aliphatic carbocycles. The number of hydrogen-bond acceptors (Lipinski definition) is 8. The van der Waals surface area contributed by atoms with E-state index in [4.69, 9.17) is 21.1 Å². The fourth-order valence-electron chi connectivity index (χ4n) is 3.37. The van der Waals surface area contributed by atoms with Gasteiger partial charge in [-0.3, -0.25) is 4.79 Å². The first-order chi connectivity index (χ1) is 14.4. The molecule has 164 valence electrons. The Morgan fingerprint density at radius 3 is 2.77 bits per heavy atom. The van der Waals surface area contributed by atoms with Crippen LogP contribution >= 0.6 is 22.9 Å². The molecule has 2 aromatic rings. The summed E-state index contributed by atoms with van der Waals surface area (Å²) < 4.78 is 10.7. The summed E-state index contributed by atoms with van der Waals surface area (Å²) in [5.74, 6) is -0.526. The minimum atomic E-state index is -0.411. The first-order valence-electron chi connectivity index (χ1n) is 9.85. The van der Waals surface area contributed by atoms with Crippen LogP contribution in [0.4, 0.5) is 5.13 Å². The number of aromatic nitrogens is 3. The van der Waals surface area contributed by atoms with Gasteiger partial charge in [-0.2, -0.15) is 0 Å². The molecule has 2 N–H and O–H groups in total. The summed E-state index contributed by atoms with van der Waals surface area (Å²) in [6.07, 6.45) is 1.08. The van der Waals surface area contributed by atoms with E-state index in [1.54, 1.807) is 14.0 Å². The number of rotatable bonds is 7. The molecule has 9 nitrogen and oxygen atoms in total. The molecule has 1 aliphatic rings. The van der Waals surface area contributed by atoms with E-state index in [2.05, 4.69) is 25.2 Å². The summed E-state index contributed by atoms with van der Waals surface area (Å²) in [5.41, 5.74) is 1.08. The van der Waals surface area contributed by atoms with Crippen molar-refractivity contribution in [2.45, 2.75) is 45.8 Å². The number of imidazole rings is 1. The highest BCUT2D eigenvalue weighted by Gasteiger charge is 2.33. The number of hydrogen-bond donors (Lipinski definition) is 2. The molecule has 0 bridgehead atoms. The van der Waals surface area contributed by atoms with Crippen molar-refractivity contribution in [3.05, 3.63) is 27.2 Å². The number of aromatic amines is 1. The Hall–Kier alpha value is -2.17. The molecule has 2 atom stereocenters. The van der Waals surface area contributed by atoms with Gasteiger partial charge in [0.25, 0.3) is 5.91 Å². The van der Waals surface area contributed by atoms with Crippen molar-refractivity contribution < 1.29 is 19.1 Å². The molecular formula is C19H26ClN5O4S. The predicted octanol–water partition coefficient (Wildman–Crippen LogP) is 2.59. The van der Waals surface area contributed by atoms with Crippen LogP contribution in [0.25, 0.3) is 0 Å². The number of H-pyrrole nitrogens is 1. The van der Waals surface area contributed by atoms with Gasteiger partial charge in [0, 0.05) is 25.1 Å². The molecule has 1 saturated heterocycles. The van der Waals surface area contributed by atoms with Crippen LogP contribution in [-0.4, -0.2) is 65.8 Å². The SMILES string of the molecule is CCOC(=O)c1nc(N2CC[C@H](NC(=O)c3nc(Cl)c(CC)[nH]3)[C@H](OC)C2)sc1C. The van der Waals surface area contributed by atoms with Gasteiger partial charge in [0.05, 0.1) is 24.4 Å². The Kier molecular flexibility index (Phi) is 7.32. The van der Waals surface area contributed by atoms with Gasteiger partial charge >= 0.3 is 5.97 Å². The lowest BCUT2D eigenvalue weighted by Gasteiger charge is -2.37. The third-order valence-corrected chi connectivity index (χ3v) is 6.34.